The second-order valence-corrected chi connectivity index (χ2v) is 4.62. The molecule has 2 rings (SSSR count). The Hall–Kier alpha value is -1.81. The molecule has 0 aliphatic heterocycles. The molecule has 4 heteroatoms. The van der Waals surface area contributed by atoms with Gasteiger partial charge in [-0.25, -0.2) is 0 Å². The molecule has 0 bridgehead atoms. The summed E-state index contributed by atoms with van der Waals surface area (Å²) in [6, 6.07) is 14.0. The van der Waals surface area contributed by atoms with Crippen molar-refractivity contribution in [2.45, 2.75) is 10.6 Å². The molecular weight excluding hydrogens is 230 g/mol. The van der Waals surface area contributed by atoms with Crippen LogP contribution in [0.25, 0.3) is 0 Å². The van der Waals surface area contributed by atoms with Gasteiger partial charge in [0.2, 0.25) is 0 Å². The second kappa shape index (κ2) is 5.50. The van der Waals surface area contributed by atoms with E-state index in [1.54, 1.807) is 24.0 Å². The van der Waals surface area contributed by atoms with Crippen molar-refractivity contribution >= 4 is 17.6 Å². The summed E-state index contributed by atoms with van der Waals surface area (Å²) in [4.78, 5) is 5.20. The number of nitrogens with one attached hydrogen (secondary N) is 1. The Kier molecular flexibility index (Phi) is 3.77. The maximum Gasteiger partial charge on any atom is 0.141 e. The van der Waals surface area contributed by atoms with Gasteiger partial charge in [-0.1, -0.05) is 30.3 Å². The maximum atomic E-state index is 7.25. The van der Waals surface area contributed by atoms with Gasteiger partial charge in [-0.2, -0.15) is 0 Å². The van der Waals surface area contributed by atoms with Crippen molar-refractivity contribution < 1.29 is 0 Å². The van der Waals surface area contributed by atoms with Gasteiger partial charge in [-0.05, 0) is 17.7 Å². The second-order valence-electron chi connectivity index (χ2n) is 3.57. The summed E-state index contributed by atoms with van der Waals surface area (Å²) in [6.45, 7) is 0. The van der Waals surface area contributed by atoms with Gasteiger partial charge in [-0.15, -0.1) is 11.8 Å². The molecule has 1 aromatic heterocycles. The minimum absolute atomic E-state index is 0.00427. The predicted molar refractivity (Wildman–Crippen MR) is 71.3 cm³/mol. The van der Waals surface area contributed by atoms with Crippen LogP contribution in [0.2, 0.25) is 0 Å². The third-order valence-electron chi connectivity index (χ3n) is 2.26. The predicted octanol–water partition coefficient (Wildman–Crippen LogP) is 2.66. The molecule has 3 N–H and O–H groups in total. The summed E-state index contributed by atoms with van der Waals surface area (Å²) in [5.41, 5.74) is 7.15. The van der Waals surface area contributed by atoms with E-state index in [1.165, 1.54) is 5.56 Å². The minimum atomic E-state index is 0.00427. The summed E-state index contributed by atoms with van der Waals surface area (Å²) in [6.07, 6.45) is 1.75. The van der Waals surface area contributed by atoms with Crippen molar-refractivity contribution in [2.24, 2.45) is 5.73 Å². The first-order chi connectivity index (χ1) is 8.25. The summed E-state index contributed by atoms with van der Waals surface area (Å²) < 4.78 is 0. The van der Waals surface area contributed by atoms with Crippen molar-refractivity contribution in [3.8, 4) is 0 Å². The van der Waals surface area contributed by atoms with Gasteiger partial charge < -0.3 is 5.73 Å². The van der Waals surface area contributed by atoms with Gasteiger partial charge in [0, 0.05) is 16.8 Å². The molecule has 0 atom stereocenters. The van der Waals surface area contributed by atoms with Crippen LogP contribution in [-0.4, -0.2) is 10.8 Å². The van der Waals surface area contributed by atoms with Crippen molar-refractivity contribution in [1.29, 1.82) is 5.41 Å². The Morgan fingerprint density at radius 2 is 1.94 bits per heavy atom. The molecule has 0 radical (unpaired) electrons. The van der Waals surface area contributed by atoms with Crippen LogP contribution in [0.15, 0.2) is 53.6 Å². The van der Waals surface area contributed by atoms with Crippen LogP contribution in [0.5, 0.6) is 0 Å². The van der Waals surface area contributed by atoms with Crippen molar-refractivity contribution in [3.05, 3.63) is 59.9 Å². The van der Waals surface area contributed by atoms with Crippen LogP contribution in [0, 0.1) is 5.41 Å². The number of rotatable bonds is 4. The van der Waals surface area contributed by atoms with E-state index < -0.39 is 0 Å². The molecule has 1 aromatic carbocycles. The van der Waals surface area contributed by atoms with Crippen LogP contribution < -0.4 is 5.73 Å². The van der Waals surface area contributed by atoms with Crippen LogP contribution in [0.1, 0.15) is 11.3 Å². The van der Waals surface area contributed by atoms with E-state index >= 15 is 0 Å². The zero-order chi connectivity index (χ0) is 12.1. The van der Waals surface area contributed by atoms with Crippen molar-refractivity contribution in [3.63, 3.8) is 0 Å². The number of hydrogen-bond acceptors (Lipinski definition) is 3. The van der Waals surface area contributed by atoms with E-state index in [-0.39, 0.29) is 5.84 Å². The number of hydrogen-bond donors (Lipinski definition) is 2. The SMILES string of the molecule is N=C(N)c1ccc(SCc2ccccc2)cn1. The molecule has 0 saturated carbocycles. The largest absolute Gasteiger partial charge is 0.382 e. The monoisotopic (exact) mass is 243 g/mol. The molecule has 0 amide bonds. The smallest absolute Gasteiger partial charge is 0.141 e. The minimum Gasteiger partial charge on any atom is -0.382 e. The lowest BCUT2D eigenvalue weighted by Crippen LogP contribution is -2.12. The van der Waals surface area contributed by atoms with Gasteiger partial charge in [0.05, 0.1) is 0 Å². The van der Waals surface area contributed by atoms with Gasteiger partial charge in [-0.3, -0.25) is 10.4 Å². The lowest BCUT2D eigenvalue weighted by molar-refractivity contribution is 1.19. The summed E-state index contributed by atoms with van der Waals surface area (Å²) >= 11 is 1.72. The van der Waals surface area contributed by atoms with Crippen LogP contribution in [0.3, 0.4) is 0 Å². The van der Waals surface area contributed by atoms with E-state index in [2.05, 4.69) is 17.1 Å². The van der Waals surface area contributed by atoms with Crippen LogP contribution in [-0.2, 0) is 5.75 Å². The number of nitrogens with zero attached hydrogens (tertiary/aromatic N) is 1. The highest BCUT2D eigenvalue weighted by Crippen LogP contribution is 2.21. The fourth-order valence-corrected chi connectivity index (χ4v) is 2.18. The van der Waals surface area contributed by atoms with Gasteiger partial charge >= 0.3 is 0 Å². The standard InChI is InChI=1S/C13H13N3S/c14-13(15)12-7-6-11(8-16-12)17-9-10-4-2-1-3-5-10/h1-8H,9H2,(H3,14,15). The quantitative estimate of drug-likeness (QED) is 0.493. The number of nitrogens with two attached hydrogens (primary N) is 1. The van der Waals surface area contributed by atoms with Gasteiger partial charge in [0.15, 0.2) is 0 Å². The molecule has 0 aliphatic rings. The Balaban J connectivity index is 1.98. The molecular formula is C13H13N3S. The number of amidine groups is 1. The fourth-order valence-electron chi connectivity index (χ4n) is 1.37. The van der Waals surface area contributed by atoms with Crippen LogP contribution >= 0.6 is 11.8 Å². The average molecular weight is 243 g/mol. The lowest BCUT2D eigenvalue weighted by Gasteiger charge is -2.02. The molecule has 0 spiro atoms. The molecule has 0 saturated heterocycles. The number of thioether (sulfide) groups is 1. The summed E-state index contributed by atoms with van der Waals surface area (Å²) in [7, 11) is 0. The molecule has 86 valence electrons. The Bertz CT molecular complexity index is 494. The van der Waals surface area contributed by atoms with E-state index in [4.69, 9.17) is 11.1 Å². The highest BCUT2D eigenvalue weighted by molar-refractivity contribution is 7.98. The summed E-state index contributed by atoms with van der Waals surface area (Å²) in [5.74, 6) is 0.923. The van der Waals surface area contributed by atoms with Crippen molar-refractivity contribution in [2.75, 3.05) is 0 Å². The molecule has 1 heterocycles. The topological polar surface area (TPSA) is 62.8 Å². The first kappa shape index (κ1) is 11.7. The molecule has 17 heavy (non-hydrogen) atoms. The maximum absolute atomic E-state index is 7.25. The Morgan fingerprint density at radius 1 is 1.18 bits per heavy atom. The van der Waals surface area contributed by atoms with Gasteiger partial charge in [0.25, 0.3) is 0 Å². The average Bonchev–Trinajstić information content (AvgIpc) is 2.38. The van der Waals surface area contributed by atoms with Crippen LogP contribution in [0.4, 0.5) is 0 Å². The Morgan fingerprint density at radius 3 is 2.53 bits per heavy atom. The third-order valence-corrected chi connectivity index (χ3v) is 3.31. The van der Waals surface area contributed by atoms with E-state index in [0.29, 0.717) is 5.69 Å². The zero-order valence-corrected chi connectivity index (χ0v) is 10.1. The van der Waals surface area contributed by atoms with E-state index in [0.717, 1.165) is 10.6 Å². The highest BCUT2D eigenvalue weighted by atomic mass is 32.2. The number of benzene rings is 1. The number of aromatic nitrogens is 1. The Labute approximate surface area is 105 Å². The highest BCUT2D eigenvalue weighted by Gasteiger charge is 1.99. The van der Waals surface area contributed by atoms with E-state index in [1.807, 2.05) is 24.3 Å². The fraction of sp³-hybridized carbons (Fsp3) is 0.0769. The molecule has 0 unspecified atom stereocenters. The molecule has 3 nitrogen and oxygen atoms in total. The zero-order valence-electron chi connectivity index (χ0n) is 9.26. The summed E-state index contributed by atoms with van der Waals surface area (Å²) in [5, 5.41) is 7.25. The lowest BCUT2D eigenvalue weighted by atomic mass is 10.2. The molecule has 2 aromatic rings. The first-order valence-electron chi connectivity index (χ1n) is 5.23. The number of pyridine rings is 1. The molecule has 0 aliphatic carbocycles. The van der Waals surface area contributed by atoms with Crippen molar-refractivity contribution in [1.82, 2.24) is 4.98 Å². The van der Waals surface area contributed by atoms with E-state index in [9.17, 15) is 0 Å². The normalized spacial score (nSPS) is 10.1. The first-order valence-corrected chi connectivity index (χ1v) is 6.21. The molecule has 0 fully saturated rings. The number of nitrogen functional groups attached to an aromatic ring is 1. The third kappa shape index (κ3) is 3.32. The van der Waals surface area contributed by atoms with Gasteiger partial charge in [0.1, 0.15) is 11.5 Å².